The number of hydrogen-bond donors (Lipinski definition) is 1. The summed E-state index contributed by atoms with van der Waals surface area (Å²) in [4.78, 5) is 17.6. The summed E-state index contributed by atoms with van der Waals surface area (Å²) in [6, 6.07) is 9.53. The van der Waals surface area contributed by atoms with Crippen LogP contribution < -0.4 is 10.1 Å². The van der Waals surface area contributed by atoms with E-state index in [4.69, 9.17) is 4.74 Å². The molecule has 1 N–H and O–H groups in total. The van der Waals surface area contributed by atoms with Gasteiger partial charge in [-0.15, -0.1) is 0 Å². The summed E-state index contributed by atoms with van der Waals surface area (Å²) in [5, 5.41) is 8.23. The number of carbonyl (C=O) groups is 1. The minimum Gasteiger partial charge on any atom is -0.496 e. The fraction of sp³-hybridized carbons (Fsp3) is 0.350. The van der Waals surface area contributed by atoms with Gasteiger partial charge in [-0.25, -0.2) is 4.98 Å². The summed E-state index contributed by atoms with van der Waals surface area (Å²) in [6.07, 6.45) is 0. The van der Waals surface area contributed by atoms with Gasteiger partial charge in [-0.3, -0.25) is 9.48 Å². The fourth-order valence-corrected chi connectivity index (χ4v) is 3.06. The Bertz CT molecular complexity index is 960. The largest absolute Gasteiger partial charge is 0.496 e. The summed E-state index contributed by atoms with van der Waals surface area (Å²) in [7, 11) is 3.48. The number of aryl methyl sites for hydroxylation is 2. The minimum atomic E-state index is -0.138. The van der Waals surface area contributed by atoms with Crippen molar-refractivity contribution in [3.63, 3.8) is 0 Å². The van der Waals surface area contributed by atoms with Crippen molar-refractivity contribution in [3.05, 3.63) is 52.8 Å². The molecule has 0 aliphatic rings. The maximum Gasteiger partial charge on any atom is 0.252 e. The van der Waals surface area contributed by atoms with E-state index in [1.165, 1.54) is 0 Å². The summed E-state index contributed by atoms with van der Waals surface area (Å²) >= 11 is 0. The number of carbonyl (C=O) groups excluding carboxylic acids is 1. The molecule has 0 atom stereocenters. The Kier molecular flexibility index (Phi) is 4.93. The average Bonchev–Trinajstić information content (AvgIpc) is 2.93. The van der Waals surface area contributed by atoms with Gasteiger partial charge in [-0.2, -0.15) is 5.10 Å². The molecule has 6 heteroatoms. The molecule has 0 spiro atoms. The van der Waals surface area contributed by atoms with Gasteiger partial charge >= 0.3 is 0 Å². The van der Waals surface area contributed by atoms with E-state index in [1.54, 1.807) is 11.8 Å². The number of nitrogens with zero attached hydrogens (tertiary/aromatic N) is 3. The third-order valence-electron chi connectivity index (χ3n) is 4.46. The van der Waals surface area contributed by atoms with Crippen LogP contribution in [-0.2, 0) is 13.6 Å². The SMILES string of the molecule is COc1ccccc1CNC(=O)c1cc(C(C)C)nc2c1c(C)nn2C. The van der Waals surface area contributed by atoms with Crippen molar-refractivity contribution in [1.82, 2.24) is 20.1 Å². The van der Waals surface area contributed by atoms with Crippen LogP contribution in [0.4, 0.5) is 0 Å². The molecule has 0 aliphatic carbocycles. The number of nitrogens with one attached hydrogen (secondary N) is 1. The molecule has 26 heavy (non-hydrogen) atoms. The third-order valence-corrected chi connectivity index (χ3v) is 4.46. The molecule has 0 aliphatic heterocycles. The average molecular weight is 352 g/mol. The third kappa shape index (κ3) is 3.27. The zero-order chi connectivity index (χ0) is 18.8. The van der Waals surface area contributed by atoms with Crippen molar-refractivity contribution in [3.8, 4) is 5.75 Å². The number of methoxy groups -OCH3 is 1. The Labute approximate surface area is 153 Å². The molecule has 3 aromatic rings. The molecule has 0 saturated carbocycles. The van der Waals surface area contributed by atoms with Gasteiger partial charge in [0.15, 0.2) is 5.65 Å². The van der Waals surface area contributed by atoms with Crippen molar-refractivity contribution in [1.29, 1.82) is 0 Å². The molecule has 0 saturated heterocycles. The smallest absolute Gasteiger partial charge is 0.252 e. The molecular weight excluding hydrogens is 328 g/mol. The van der Waals surface area contributed by atoms with Crippen LogP contribution in [-0.4, -0.2) is 27.8 Å². The van der Waals surface area contributed by atoms with Crippen LogP contribution in [0.1, 0.15) is 47.1 Å². The van der Waals surface area contributed by atoms with Crippen LogP contribution in [0.2, 0.25) is 0 Å². The molecule has 2 heterocycles. The van der Waals surface area contributed by atoms with Crippen LogP contribution >= 0.6 is 0 Å². The highest BCUT2D eigenvalue weighted by molar-refractivity contribution is 6.06. The molecule has 1 aromatic carbocycles. The second-order valence-electron chi connectivity index (χ2n) is 6.65. The van der Waals surface area contributed by atoms with E-state index in [9.17, 15) is 4.79 Å². The van der Waals surface area contributed by atoms with Crippen LogP contribution in [0.25, 0.3) is 11.0 Å². The van der Waals surface area contributed by atoms with E-state index < -0.39 is 0 Å². The Morgan fingerprint density at radius 3 is 2.73 bits per heavy atom. The first-order valence-electron chi connectivity index (χ1n) is 8.66. The van der Waals surface area contributed by atoms with Gasteiger partial charge < -0.3 is 10.1 Å². The Balaban J connectivity index is 1.97. The number of fused-ring (bicyclic) bond motifs is 1. The molecule has 0 unspecified atom stereocenters. The molecule has 2 aromatic heterocycles. The van der Waals surface area contributed by atoms with Gasteiger partial charge in [0.2, 0.25) is 0 Å². The summed E-state index contributed by atoms with van der Waals surface area (Å²) in [5.74, 6) is 0.838. The molecule has 0 radical (unpaired) electrons. The van der Waals surface area contributed by atoms with E-state index in [2.05, 4.69) is 29.2 Å². The monoisotopic (exact) mass is 352 g/mol. The van der Waals surface area contributed by atoms with E-state index in [0.29, 0.717) is 12.1 Å². The van der Waals surface area contributed by atoms with Gasteiger partial charge in [-0.1, -0.05) is 32.0 Å². The Hall–Kier alpha value is -2.89. The lowest BCUT2D eigenvalue weighted by Crippen LogP contribution is -2.24. The van der Waals surface area contributed by atoms with Gasteiger partial charge in [0.25, 0.3) is 5.91 Å². The zero-order valence-electron chi connectivity index (χ0n) is 15.8. The normalized spacial score (nSPS) is 11.2. The topological polar surface area (TPSA) is 69.0 Å². The first-order valence-corrected chi connectivity index (χ1v) is 8.66. The van der Waals surface area contributed by atoms with E-state index in [0.717, 1.165) is 33.7 Å². The molecular formula is C20H24N4O2. The van der Waals surface area contributed by atoms with Crippen molar-refractivity contribution >= 4 is 16.9 Å². The van der Waals surface area contributed by atoms with Gasteiger partial charge in [0.05, 0.1) is 23.8 Å². The first-order chi connectivity index (χ1) is 12.4. The number of benzene rings is 1. The number of hydrogen-bond acceptors (Lipinski definition) is 4. The van der Waals surface area contributed by atoms with Crippen molar-refractivity contribution < 1.29 is 9.53 Å². The summed E-state index contributed by atoms with van der Waals surface area (Å²) < 4.78 is 7.08. The van der Waals surface area contributed by atoms with E-state index in [1.807, 2.05) is 44.3 Å². The van der Waals surface area contributed by atoms with Crippen LogP contribution in [0.15, 0.2) is 30.3 Å². The van der Waals surface area contributed by atoms with Crippen molar-refractivity contribution in [2.24, 2.45) is 7.05 Å². The highest BCUT2D eigenvalue weighted by Gasteiger charge is 2.19. The Morgan fingerprint density at radius 2 is 2.04 bits per heavy atom. The second-order valence-corrected chi connectivity index (χ2v) is 6.65. The predicted octanol–water partition coefficient (Wildman–Crippen LogP) is 3.34. The maximum absolute atomic E-state index is 13.0. The number of para-hydroxylation sites is 1. The van der Waals surface area contributed by atoms with Gasteiger partial charge in [-0.05, 0) is 25.0 Å². The molecule has 0 fully saturated rings. The lowest BCUT2D eigenvalue weighted by molar-refractivity contribution is 0.0952. The van der Waals surface area contributed by atoms with Crippen LogP contribution in [0.3, 0.4) is 0 Å². The van der Waals surface area contributed by atoms with Crippen molar-refractivity contribution in [2.45, 2.75) is 33.2 Å². The molecule has 0 bridgehead atoms. The van der Waals surface area contributed by atoms with Gasteiger partial charge in [0.1, 0.15) is 5.75 Å². The molecule has 136 valence electrons. The standard InChI is InChI=1S/C20H24N4O2/c1-12(2)16-10-15(18-13(3)23-24(4)19(18)22-16)20(25)21-11-14-8-6-7-9-17(14)26-5/h6-10,12H,11H2,1-5H3,(H,21,25). The van der Waals surface area contributed by atoms with E-state index >= 15 is 0 Å². The Morgan fingerprint density at radius 1 is 1.31 bits per heavy atom. The number of rotatable bonds is 5. The van der Waals surface area contributed by atoms with Crippen molar-refractivity contribution in [2.75, 3.05) is 7.11 Å². The van der Waals surface area contributed by atoms with E-state index in [-0.39, 0.29) is 11.8 Å². The molecule has 1 amide bonds. The number of aromatic nitrogens is 3. The summed E-state index contributed by atoms with van der Waals surface area (Å²) in [6.45, 7) is 6.42. The zero-order valence-corrected chi connectivity index (χ0v) is 15.8. The van der Waals surface area contributed by atoms with Gasteiger partial charge in [0, 0.05) is 24.8 Å². The fourth-order valence-electron chi connectivity index (χ4n) is 3.06. The quantitative estimate of drug-likeness (QED) is 0.765. The lowest BCUT2D eigenvalue weighted by Gasteiger charge is -2.12. The minimum absolute atomic E-state index is 0.138. The number of ether oxygens (including phenoxy) is 1. The van der Waals surface area contributed by atoms with Crippen LogP contribution in [0, 0.1) is 6.92 Å². The van der Waals surface area contributed by atoms with Crippen LogP contribution in [0.5, 0.6) is 5.75 Å². The highest BCUT2D eigenvalue weighted by Crippen LogP contribution is 2.25. The second kappa shape index (κ2) is 7.15. The first kappa shape index (κ1) is 17.9. The number of pyridine rings is 1. The lowest BCUT2D eigenvalue weighted by atomic mass is 10.0. The number of amides is 1. The molecule has 6 nitrogen and oxygen atoms in total. The highest BCUT2D eigenvalue weighted by atomic mass is 16.5. The predicted molar refractivity (Wildman–Crippen MR) is 101 cm³/mol. The maximum atomic E-state index is 13.0. The summed E-state index contributed by atoms with van der Waals surface area (Å²) in [5.41, 5.74) is 3.95. The molecule has 3 rings (SSSR count).